The minimum Gasteiger partial charge on any atom is -0.396 e. The largest absolute Gasteiger partial charge is 0.396 e. The highest BCUT2D eigenvalue weighted by Gasteiger charge is 2.45. The molecule has 0 aromatic carbocycles. The molecule has 2 N–H and O–H groups in total. The van der Waals surface area contributed by atoms with Crippen molar-refractivity contribution in [2.45, 2.75) is 58.2 Å². The van der Waals surface area contributed by atoms with Crippen molar-refractivity contribution in [3.05, 3.63) is 30.1 Å². The van der Waals surface area contributed by atoms with E-state index in [4.69, 9.17) is 4.98 Å². The lowest BCUT2D eigenvalue weighted by Crippen LogP contribution is -2.42. The van der Waals surface area contributed by atoms with E-state index in [2.05, 4.69) is 45.7 Å². The van der Waals surface area contributed by atoms with Gasteiger partial charge in [0.1, 0.15) is 17.5 Å². The highest BCUT2D eigenvalue weighted by atomic mass is 16.3. The summed E-state index contributed by atoms with van der Waals surface area (Å²) in [4.78, 5) is 46.1. The van der Waals surface area contributed by atoms with Crippen LogP contribution in [-0.4, -0.2) is 112 Å². The van der Waals surface area contributed by atoms with E-state index in [1.165, 1.54) is 0 Å². The van der Waals surface area contributed by atoms with Crippen molar-refractivity contribution in [3.8, 4) is 0 Å². The molecule has 42 heavy (non-hydrogen) atoms. The Bertz CT molecular complexity index is 1330. The second-order valence-electron chi connectivity index (χ2n) is 12.8. The number of carbonyl (C=O) groups excluding carboxylic acids is 2. The number of aliphatic hydroxyl groups excluding tert-OH is 1. The van der Waals surface area contributed by atoms with Crippen LogP contribution in [0, 0.1) is 17.3 Å². The highest BCUT2D eigenvalue weighted by Crippen LogP contribution is 2.37. The summed E-state index contributed by atoms with van der Waals surface area (Å²) in [5.41, 5.74) is 1.24. The molecule has 2 aromatic heterocycles. The number of nitrogens with zero attached hydrogens (tertiary/aromatic N) is 7. The number of aliphatic imine (C=N–C) groups is 1. The Balaban J connectivity index is 1.27. The van der Waals surface area contributed by atoms with Crippen LogP contribution in [0.15, 0.2) is 29.4 Å². The van der Waals surface area contributed by atoms with Gasteiger partial charge in [0.25, 0.3) is 5.91 Å². The first kappa shape index (κ1) is 30.2. The molecule has 4 heterocycles. The standard InChI is InChI=1S/C31H46N8O3/c1-6-13-37(5)19-31(2)20-38(17-23(31)18-40)28(41)21-11-12-26(32-15-21)34-30-33-16-22-14-25(29(42)36(3)4)39(27(22)35-30)24-9-7-8-10-24/h11-12,14-16,21,23-24,26,40H,6-10,13,17-20H2,1-5H3,(H,33,34,35). The van der Waals surface area contributed by atoms with E-state index in [0.717, 1.165) is 56.2 Å². The zero-order valence-corrected chi connectivity index (χ0v) is 25.7. The van der Waals surface area contributed by atoms with Crippen LogP contribution in [0.1, 0.15) is 62.5 Å². The van der Waals surface area contributed by atoms with Crippen LogP contribution in [0.5, 0.6) is 0 Å². The zero-order chi connectivity index (χ0) is 30.0. The van der Waals surface area contributed by atoms with E-state index < -0.39 is 12.1 Å². The van der Waals surface area contributed by atoms with Crippen LogP contribution >= 0.6 is 0 Å². The summed E-state index contributed by atoms with van der Waals surface area (Å²) in [7, 11) is 5.64. The van der Waals surface area contributed by atoms with E-state index in [0.29, 0.717) is 24.7 Å². The molecule has 2 amide bonds. The van der Waals surface area contributed by atoms with E-state index in [-0.39, 0.29) is 35.8 Å². The maximum atomic E-state index is 13.5. The van der Waals surface area contributed by atoms with E-state index in [1.54, 1.807) is 31.4 Å². The first-order valence-corrected chi connectivity index (χ1v) is 15.3. The average molecular weight is 579 g/mol. The molecule has 228 valence electrons. The Morgan fingerprint density at radius 2 is 1.95 bits per heavy atom. The lowest BCUT2D eigenvalue weighted by atomic mass is 9.80. The predicted molar refractivity (Wildman–Crippen MR) is 165 cm³/mol. The number of fused-ring (bicyclic) bond motifs is 1. The fourth-order valence-corrected chi connectivity index (χ4v) is 6.91. The number of hydrogen-bond donors (Lipinski definition) is 2. The van der Waals surface area contributed by atoms with Crippen LogP contribution in [-0.2, 0) is 4.79 Å². The summed E-state index contributed by atoms with van der Waals surface area (Å²) < 4.78 is 2.09. The second-order valence-corrected chi connectivity index (χ2v) is 12.8. The summed E-state index contributed by atoms with van der Waals surface area (Å²) in [6.07, 6.45) is 12.2. The molecule has 2 fully saturated rings. The fraction of sp³-hybridized carbons (Fsp3) is 0.645. The van der Waals surface area contributed by atoms with Gasteiger partial charge in [-0.2, -0.15) is 4.98 Å². The van der Waals surface area contributed by atoms with Gasteiger partial charge in [-0.25, -0.2) is 4.98 Å². The van der Waals surface area contributed by atoms with Crippen LogP contribution in [0.3, 0.4) is 0 Å². The van der Waals surface area contributed by atoms with E-state index in [9.17, 15) is 14.7 Å². The van der Waals surface area contributed by atoms with Gasteiger partial charge in [0, 0.05) is 75.5 Å². The molecule has 0 radical (unpaired) electrons. The van der Waals surface area contributed by atoms with Crippen molar-refractivity contribution in [1.82, 2.24) is 29.2 Å². The van der Waals surface area contributed by atoms with Gasteiger partial charge < -0.3 is 29.7 Å². The smallest absolute Gasteiger partial charge is 0.270 e. The molecule has 5 rings (SSSR count). The SMILES string of the molecule is CCCN(C)CC1(C)CN(C(=O)C2C=CC(Nc3ncc4cc(C(=O)N(C)C)n(C5CCCC5)c4n3)N=C2)CC1CO. The monoisotopic (exact) mass is 578 g/mol. The van der Waals surface area contributed by atoms with Crippen LogP contribution in [0.2, 0.25) is 0 Å². The molecular weight excluding hydrogens is 532 g/mol. The fourth-order valence-electron chi connectivity index (χ4n) is 6.91. The maximum Gasteiger partial charge on any atom is 0.270 e. The number of carbonyl (C=O) groups is 2. The summed E-state index contributed by atoms with van der Waals surface area (Å²) in [5.74, 6) is 0.00204. The lowest BCUT2D eigenvalue weighted by Gasteiger charge is -2.34. The lowest BCUT2D eigenvalue weighted by molar-refractivity contribution is -0.131. The number of rotatable bonds is 10. The van der Waals surface area contributed by atoms with Gasteiger partial charge in [-0.05, 0) is 45.0 Å². The van der Waals surface area contributed by atoms with Crippen molar-refractivity contribution < 1.29 is 14.7 Å². The van der Waals surface area contributed by atoms with Crippen LogP contribution in [0.4, 0.5) is 5.95 Å². The molecular formula is C31H46N8O3. The Labute approximate surface area is 248 Å². The molecule has 0 bridgehead atoms. The summed E-state index contributed by atoms with van der Waals surface area (Å²) in [5, 5.41) is 14.2. The minimum absolute atomic E-state index is 0.0129. The van der Waals surface area contributed by atoms with Gasteiger partial charge >= 0.3 is 0 Å². The van der Waals surface area contributed by atoms with Crippen molar-refractivity contribution in [2.24, 2.45) is 22.2 Å². The Morgan fingerprint density at radius 1 is 1.19 bits per heavy atom. The van der Waals surface area contributed by atoms with Gasteiger partial charge in [-0.15, -0.1) is 0 Å². The van der Waals surface area contributed by atoms with Crippen molar-refractivity contribution in [3.63, 3.8) is 0 Å². The van der Waals surface area contributed by atoms with E-state index in [1.807, 2.05) is 23.1 Å². The number of likely N-dealkylation sites (tertiary alicyclic amines) is 1. The number of amides is 2. The molecule has 0 spiro atoms. The molecule has 1 saturated carbocycles. The molecule has 2 aliphatic heterocycles. The quantitative estimate of drug-likeness (QED) is 0.416. The van der Waals surface area contributed by atoms with Crippen molar-refractivity contribution >= 4 is 35.0 Å². The highest BCUT2D eigenvalue weighted by molar-refractivity contribution is 5.98. The normalized spacial score (nSPS) is 26.1. The molecule has 4 atom stereocenters. The molecule has 4 unspecified atom stereocenters. The predicted octanol–water partition coefficient (Wildman–Crippen LogP) is 3.04. The minimum atomic E-state index is -0.444. The van der Waals surface area contributed by atoms with E-state index >= 15 is 0 Å². The first-order chi connectivity index (χ1) is 20.1. The number of anilines is 1. The van der Waals surface area contributed by atoms with Gasteiger partial charge in [-0.3, -0.25) is 14.6 Å². The number of nitrogens with one attached hydrogen (secondary N) is 1. The topological polar surface area (TPSA) is 119 Å². The third kappa shape index (κ3) is 6.08. The molecule has 2 aromatic rings. The number of aliphatic hydroxyl groups is 1. The van der Waals surface area contributed by atoms with Crippen molar-refractivity contribution in [1.29, 1.82) is 0 Å². The molecule has 11 heteroatoms. The summed E-state index contributed by atoms with van der Waals surface area (Å²) in [6, 6.07) is 2.13. The first-order valence-electron chi connectivity index (χ1n) is 15.3. The third-order valence-corrected chi connectivity index (χ3v) is 9.11. The Morgan fingerprint density at radius 3 is 2.60 bits per heavy atom. The second kappa shape index (κ2) is 12.5. The van der Waals surface area contributed by atoms with Gasteiger partial charge in [0.15, 0.2) is 0 Å². The average Bonchev–Trinajstić information content (AvgIpc) is 3.69. The Kier molecular flexibility index (Phi) is 8.98. The number of dihydropyridines is 1. The zero-order valence-electron chi connectivity index (χ0n) is 25.7. The van der Waals surface area contributed by atoms with Gasteiger partial charge in [0.2, 0.25) is 11.9 Å². The van der Waals surface area contributed by atoms with Crippen molar-refractivity contribution in [2.75, 3.05) is 59.2 Å². The third-order valence-electron chi connectivity index (χ3n) is 9.11. The Hall–Kier alpha value is -3.31. The molecule has 11 nitrogen and oxygen atoms in total. The number of aromatic nitrogens is 3. The maximum absolute atomic E-state index is 13.5. The number of hydrogen-bond acceptors (Lipinski definition) is 8. The molecule has 3 aliphatic rings. The van der Waals surface area contributed by atoms with Crippen LogP contribution in [0.25, 0.3) is 11.0 Å². The molecule has 1 aliphatic carbocycles. The van der Waals surface area contributed by atoms with Gasteiger partial charge in [-0.1, -0.05) is 32.8 Å². The van der Waals surface area contributed by atoms with Gasteiger partial charge in [0.05, 0.1) is 5.92 Å². The van der Waals surface area contributed by atoms with Crippen LogP contribution < -0.4 is 5.32 Å². The molecule has 1 saturated heterocycles. The summed E-state index contributed by atoms with van der Waals surface area (Å²) in [6.45, 7) is 7.42. The summed E-state index contributed by atoms with van der Waals surface area (Å²) >= 11 is 0.